The first-order chi connectivity index (χ1) is 14.1. The highest BCUT2D eigenvalue weighted by atomic mass is 16.4. The molecule has 30 heavy (non-hydrogen) atoms. The molecule has 0 aromatic heterocycles. The lowest BCUT2D eigenvalue weighted by atomic mass is 9.52. The van der Waals surface area contributed by atoms with Crippen molar-refractivity contribution >= 4 is 18.0 Å². The summed E-state index contributed by atoms with van der Waals surface area (Å²) in [5, 5.41) is 23.0. The summed E-state index contributed by atoms with van der Waals surface area (Å²) in [5.41, 5.74) is 1.68. The van der Waals surface area contributed by atoms with E-state index in [2.05, 4.69) is 5.32 Å². The van der Waals surface area contributed by atoms with Crippen LogP contribution in [0, 0.1) is 24.7 Å². The van der Waals surface area contributed by atoms with Crippen molar-refractivity contribution in [3.8, 4) is 0 Å². The topological polar surface area (TPSA) is 86.6 Å². The van der Waals surface area contributed by atoms with Crippen LogP contribution in [-0.4, -0.2) is 33.7 Å². The minimum atomic E-state index is -0.862. The highest BCUT2D eigenvalue weighted by Gasteiger charge is 2.55. The van der Waals surface area contributed by atoms with Crippen LogP contribution in [0.3, 0.4) is 0 Å². The Kier molecular flexibility index (Phi) is 5.29. The number of hydrogen-bond donors (Lipinski definition) is 3. The first-order valence-corrected chi connectivity index (χ1v) is 11.1. The van der Waals surface area contributed by atoms with Crippen molar-refractivity contribution in [3.63, 3.8) is 0 Å². The summed E-state index contributed by atoms with van der Waals surface area (Å²) in [7, 11) is 0. The molecule has 162 valence electrons. The maximum atomic E-state index is 13.4. The Balaban J connectivity index is 1.51. The van der Waals surface area contributed by atoms with Gasteiger partial charge in [-0.25, -0.2) is 0 Å². The summed E-state index contributed by atoms with van der Waals surface area (Å²) in [6.07, 6.45) is 8.21. The number of aryl methyl sites for hydroxylation is 1. The third-order valence-corrected chi connectivity index (χ3v) is 7.53. The van der Waals surface area contributed by atoms with Gasteiger partial charge in [0.25, 0.3) is 0 Å². The predicted molar refractivity (Wildman–Crippen MR) is 116 cm³/mol. The van der Waals surface area contributed by atoms with Gasteiger partial charge in [0.15, 0.2) is 0 Å². The van der Waals surface area contributed by atoms with Gasteiger partial charge < -0.3 is 15.5 Å². The first kappa shape index (κ1) is 21.1. The van der Waals surface area contributed by atoms with Crippen molar-refractivity contribution in [2.45, 2.75) is 76.4 Å². The summed E-state index contributed by atoms with van der Waals surface area (Å²) >= 11 is 0. The van der Waals surface area contributed by atoms with Crippen molar-refractivity contribution in [1.82, 2.24) is 5.32 Å². The molecule has 0 saturated heterocycles. The summed E-state index contributed by atoms with van der Waals surface area (Å²) < 4.78 is 0. The number of carbonyl (C=O) groups excluding carboxylic acids is 1. The number of aliphatic carboxylic acids is 1. The highest BCUT2D eigenvalue weighted by molar-refractivity contribution is 5.88. The van der Waals surface area contributed by atoms with Crippen LogP contribution in [0.25, 0.3) is 6.08 Å². The number of hydrogen-bond acceptors (Lipinski definition) is 3. The second-order valence-corrected chi connectivity index (χ2v) is 10.5. The standard InChI is InChI=1S/C25H33NO4/c1-15-7-16(5-4-6-21(27)28)11-20(8-15)24(2,3)23(29)26-22-18-9-17-10-19(22)14-25(30,12-17)13-18/h4-5,7-8,11,17-19,22,30H,6,9-10,12-14H2,1-3H3,(H,26,29)(H,27,28)/b5-4+/t17?,18-,19+,22+,25+. The molecular formula is C25H33NO4. The SMILES string of the molecule is Cc1cc(/C=C/CC(=O)O)cc(C(C)(C)C(=O)N[C@H]2[C@@H]3CC4C[C@H]2C[C@](O)(C4)C3)c1. The molecule has 4 aliphatic carbocycles. The molecule has 1 aromatic rings. The average molecular weight is 412 g/mol. The Bertz CT molecular complexity index is 871. The van der Waals surface area contributed by atoms with Gasteiger partial charge in [-0.2, -0.15) is 0 Å². The van der Waals surface area contributed by atoms with E-state index in [4.69, 9.17) is 5.11 Å². The molecule has 0 radical (unpaired) electrons. The van der Waals surface area contributed by atoms with Gasteiger partial charge in [0.2, 0.25) is 5.91 Å². The molecule has 1 unspecified atom stereocenters. The largest absolute Gasteiger partial charge is 0.481 e. The molecule has 0 heterocycles. The lowest BCUT2D eigenvalue weighted by Gasteiger charge is -2.58. The average Bonchev–Trinajstić information content (AvgIpc) is 2.62. The van der Waals surface area contributed by atoms with E-state index in [0.717, 1.165) is 48.8 Å². The van der Waals surface area contributed by atoms with Gasteiger partial charge in [0.05, 0.1) is 17.4 Å². The third-order valence-electron chi connectivity index (χ3n) is 7.53. The molecule has 5 nitrogen and oxygen atoms in total. The second kappa shape index (κ2) is 7.52. The van der Waals surface area contributed by atoms with Gasteiger partial charge in [0, 0.05) is 6.04 Å². The van der Waals surface area contributed by atoms with Crippen molar-refractivity contribution in [2.24, 2.45) is 17.8 Å². The molecule has 4 bridgehead atoms. The van der Waals surface area contributed by atoms with Crippen LogP contribution < -0.4 is 5.32 Å². The fraction of sp³-hybridized carbons (Fsp3) is 0.600. The lowest BCUT2D eigenvalue weighted by Crippen LogP contribution is -2.62. The summed E-state index contributed by atoms with van der Waals surface area (Å²) in [6, 6.07) is 6.17. The highest BCUT2D eigenvalue weighted by Crippen LogP contribution is 2.55. The van der Waals surface area contributed by atoms with Crippen molar-refractivity contribution in [1.29, 1.82) is 0 Å². The number of carbonyl (C=O) groups is 2. The molecule has 4 fully saturated rings. The lowest BCUT2D eigenvalue weighted by molar-refractivity contribution is -0.148. The van der Waals surface area contributed by atoms with E-state index < -0.39 is 17.0 Å². The Morgan fingerprint density at radius 2 is 1.83 bits per heavy atom. The number of aliphatic hydroxyl groups is 1. The van der Waals surface area contributed by atoms with Crippen LogP contribution in [0.1, 0.15) is 69.1 Å². The van der Waals surface area contributed by atoms with Gasteiger partial charge in [0.1, 0.15) is 0 Å². The predicted octanol–water partition coefficient (Wildman–Crippen LogP) is 3.82. The molecule has 5 heteroatoms. The normalized spacial score (nSPS) is 32.5. The van der Waals surface area contributed by atoms with Crippen LogP contribution in [0.4, 0.5) is 0 Å². The van der Waals surface area contributed by atoms with Crippen molar-refractivity contribution in [3.05, 3.63) is 41.0 Å². The molecular weight excluding hydrogens is 378 g/mol. The molecule has 0 aliphatic heterocycles. The number of nitrogens with one attached hydrogen (secondary N) is 1. The Morgan fingerprint density at radius 3 is 2.43 bits per heavy atom. The molecule has 1 amide bonds. The van der Waals surface area contributed by atoms with Gasteiger partial charge in [-0.05, 0) is 81.8 Å². The van der Waals surface area contributed by atoms with Gasteiger partial charge in [-0.15, -0.1) is 0 Å². The third kappa shape index (κ3) is 4.04. The first-order valence-electron chi connectivity index (χ1n) is 11.1. The van der Waals surface area contributed by atoms with Gasteiger partial charge in [-0.3, -0.25) is 9.59 Å². The number of benzene rings is 1. The summed E-state index contributed by atoms with van der Waals surface area (Å²) in [4.78, 5) is 24.2. The van der Waals surface area contributed by atoms with Crippen LogP contribution in [0.2, 0.25) is 0 Å². The van der Waals surface area contributed by atoms with Crippen molar-refractivity contribution in [2.75, 3.05) is 0 Å². The smallest absolute Gasteiger partial charge is 0.307 e. The van der Waals surface area contributed by atoms with Crippen LogP contribution in [0.15, 0.2) is 24.3 Å². The van der Waals surface area contributed by atoms with E-state index >= 15 is 0 Å². The second-order valence-electron chi connectivity index (χ2n) is 10.5. The van der Waals surface area contributed by atoms with E-state index in [1.165, 1.54) is 0 Å². The van der Waals surface area contributed by atoms with Crippen LogP contribution in [-0.2, 0) is 15.0 Å². The number of amides is 1. The fourth-order valence-corrected chi connectivity index (χ4v) is 6.25. The Labute approximate surface area is 178 Å². The zero-order valence-electron chi connectivity index (χ0n) is 18.1. The Morgan fingerprint density at radius 1 is 1.17 bits per heavy atom. The summed E-state index contributed by atoms with van der Waals surface area (Å²) in [6.45, 7) is 5.89. The monoisotopic (exact) mass is 411 g/mol. The van der Waals surface area contributed by atoms with E-state index in [1.54, 1.807) is 12.2 Å². The number of rotatable bonds is 6. The molecule has 5 atom stereocenters. The van der Waals surface area contributed by atoms with Gasteiger partial charge in [-0.1, -0.05) is 35.9 Å². The van der Waals surface area contributed by atoms with E-state index in [-0.39, 0.29) is 18.4 Å². The minimum Gasteiger partial charge on any atom is -0.481 e. The van der Waals surface area contributed by atoms with Gasteiger partial charge >= 0.3 is 5.97 Å². The number of carboxylic acids is 1. The maximum absolute atomic E-state index is 13.4. The molecule has 4 saturated carbocycles. The van der Waals surface area contributed by atoms with E-state index in [1.807, 2.05) is 39.0 Å². The molecule has 1 aromatic carbocycles. The van der Waals surface area contributed by atoms with E-state index in [9.17, 15) is 14.7 Å². The minimum absolute atomic E-state index is 0.0229. The van der Waals surface area contributed by atoms with E-state index in [0.29, 0.717) is 17.8 Å². The molecule has 5 rings (SSSR count). The molecule has 4 aliphatic rings. The number of carboxylic acid groups (broad SMARTS) is 1. The maximum Gasteiger partial charge on any atom is 0.307 e. The quantitative estimate of drug-likeness (QED) is 0.664. The van der Waals surface area contributed by atoms with Crippen LogP contribution >= 0.6 is 0 Å². The molecule has 0 spiro atoms. The van der Waals surface area contributed by atoms with Crippen molar-refractivity contribution < 1.29 is 19.8 Å². The zero-order chi connectivity index (χ0) is 21.7. The van der Waals surface area contributed by atoms with Crippen LogP contribution in [0.5, 0.6) is 0 Å². The fourth-order valence-electron chi connectivity index (χ4n) is 6.25. The molecule has 3 N–H and O–H groups in total. The zero-order valence-corrected chi connectivity index (χ0v) is 18.1. The summed E-state index contributed by atoms with van der Waals surface area (Å²) in [5.74, 6) is 0.545. The Hall–Kier alpha value is -2.14.